The molecular weight excluding hydrogens is 284 g/mol. The predicted octanol–water partition coefficient (Wildman–Crippen LogP) is 1.78. The molecule has 1 rings (SSSR count). The molecule has 116 valence electrons. The predicted molar refractivity (Wildman–Crippen MR) is 87.2 cm³/mol. The normalized spacial score (nSPS) is 10.3. The molecule has 0 saturated carbocycles. The number of hydrogen-bond donors (Lipinski definition) is 1. The standard InChI is InChI=1S/C16H24N2O2S/c1-4-18(5-2)16(20)13-17(3)12-15-14(9-11-21-15)8-6-7-10-19/h9,11,19H,4-5,7,10,12-13H2,1-3H3. The van der Waals surface area contributed by atoms with Crippen molar-refractivity contribution < 1.29 is 9.90 Å². The molecule has 0 bridgehead atoms. The first-order valence-corrected chi connectivity index (χ1v) is 8.12. The fourth-order valence-corrected chi connectivity index (χ4v) is 2.91. The minimum absolute atomic E-state index is 0.0880. The number of amides is 1. The van der Waals surface area contributed by atoms with Gasteiger partial charge in [0.25, 0.3) is 0 Å². The molecule has 0 saturated heterocycles. The highest BCUT2D eigenvalue weighted by molar-refractivity contribution is 7.10. The van der Waals surface area contributed by atoms with Crippen molar-refractivity contribution in [1.82, 2.24) is 9.80 Å². The van der Waals surface area contributed by atoms with Crippen LogP contribution >= 0.6 is 11.3 Å². The quantitative estimate of drug-likeness (QED) is 0.781. The summed E-state index contributed by atoms with van der Waals surface area (Å²) in [5.74, 6) is 6.18. The van der Waals surface area contributed by atoms with Gasteiger partial charge in [-0.15, -0.1) is 11.3 Å². The van der Waals surface area contributed by atoms with E-state index in [4.69, 9.17) is 5.11 Å². The fourth-order valence-electron chi connectivity index (χ4n) is 2.00. The number of thiophene rings is 1. The first-order chi connectivity index (χ1) is 10.1. The molecule has 21 heavy (non-hydrogen) atoms. The molecule has 0 aliphatic heterocycles. The van der Waals surface area contributed by atoms with Crippen molar-refractivity contribution in [1.29, 1.82) is 0 Å². The van der Waals surface area contributed by atoms with Gasteiger partial charge in [0.15, 0.2) is 0 Å². The number of carbonyl (C=O) groups excluding carboxylic acids is 1. The van der Waals surface area contributed by atoms with Crippen LogP contribution in [-0.4, -0.2) is 54.1 Å². The molecule has 0 fully saturated rings. The van der Waals surface area contributed by atoms with Gasteiger partial charge in [-0.05, 0) is 32.3 Å². The zero-order valence-electron chi connectivity index (χ0n) is 13.1. The molecule has 1 amide bonds. The van der Waals surface area contributed by atoms with E-state index in [1.807, 2.05) is 42.1 Å². The van der Waals surface area contributed by atoms with Gasteiger partial charge < -0.3 is 10.0 Å². The fraction of sp³-hybridized carbons (Fsp3) is 0.562. The van der Waals surface area contributed by atoms with Gasteiger partial charge in [-0.2, -0.15) is 0 Å². The average Bonchev–Trinajstić information content (AvgIpc) is 2.87. The van der Waals surface area contributed by atoms with Crippen molar-refractivity contribution in [3.8, 4) is 11.8 Å². The summed E-state index contributed by atoms with van der Waals surface area (Å²) in [5.41, 5.74) is 0.996. The van der Waals surface area contributed by atoms with Gasteiger partial charge in [0.05, 0.1) is 13.2 Å². The molecule has 0 atom stereocenters. The van der Waals surface area contributed by atoms with Crippen LogP contribution < -0.4 is 0 Å². The molecule has 1 heterocycles. The highest BCUT2D eigenvalue weighted by Crippen LogP contribution is 2.17. The summed E-state index contributed by atoms with van der Waals surface area (Å²) in [5, 5.41) is 10.8. The highest BCUT2D eigenvalue weighted by Gasteiger charge is 2.13. The molecular formula is C16H24N2O2S. The van der Waals surface area contributed by atoms with E-state index in [1.165, 1.54) is 0 Å². The second kappa shape index (κ2) is 9.56. The lowest BCUT2D eigenvalue weighted by atomic mass is 10.2. The van der Waals surface area contributed by atoms with Crippen molar-refractivity contribution >= 4 is 17.2 Å². The zero-order chi connectivity index (χ0) is 15.7. The molecule has 1 aromatic rings. The van der Waals surface area contributed by atoms with Gasteiger partial charge in [0.1, 0.15) is 0 Å². The third-order valence-electron chi connectivity index (χ3n) is 3.14. The lowest BCUT2D eigenvalue weighted by Gasteiger charge is -2.22. The molecule has 0 aliphatic rings. The van der Waals surface area contributed by atoms with Crippen LogP contribution in [0.25, 0.3) is 0 Å². The SMILES string of the molecule is CCN(CC)C(=O)CN(C)Cc1sccc1C#CCCO. The Balaban J connectivity index is 2.60. The van der Waals surface area contributed by atoms with E-state index in [1.54, 1.807) is 11.3 Å². The molecule has 0 aromatic carbocycles. The second-order valence-corrected chi connectivity index (χ2v) is 5.77. The molecule has 1 aromatic heterocycles. The number of aliphatic hydroxyl groups excluding tert-OH is 1. The largest absolute Gasteiger partial charge is 0.395 e. The van der Waals surface area contributed by atoms with E-state index in [2.05, 4.69) is 11.8 Å². The van der Waals surface area contributed by atoms with Crippen LogP contribution in [0.3, 0.4) is 0 Å². The molecule has 0 aliphatic carbocycles. The minimum Gasteiger partial charge on any atom is -0.395 e. The van der Waals surface area contributed by atoms with E-state index < -0.39 is 0 Å². The van der Waals surface area contributed by atoms with Crippen LogP contribution in [-0.2, 0) is 11.3 Å². The van der Waals surface area contributed by atoms with Crippen molar-refractivity contribution in [3.05, 3.63) is 21.9 Å². The Kier molecular flexibility index (Phi) is 8.06. The molecule has 4 nitrogen and oxygen atoms in total. The van der Waals surface area contributed by atoms with Gasteiger partial charge in [-0.1, -0.05) is 11.8 Å². The van der Waals surface area contributed by atoms with Crippen LogP contribution in [0.1, 0.15) is 30.7 Å². The van der Waals surface area contributed by atoms with Crippen molar-refractivity contribution in [2.45, 2.75) is 26.8 Å². The summed E-state index contributed by atoms with van der Waals surface area (Å²) in [6.07, 6.45) is 0.492. The number of likely N-dealkylation sites (N-methyl/N-ethyl adjacent to an activating group) is 2. The summed E-state index contributed by atoms with van der Waals surface area (Å²) in [7, 11) is 1.95. The van der Waals surface area contributed by atoms with E-state index >= 15 is 0 Å². The number of rotatable bonds is 7. The minimum atomic E-state index is 0.0880. The Hall–Kier alpha value is -1.35. The van der Waals surface area contributed by atoms with Crippen LogP contribution in [0.5, 0.6) is 0 Å². The van der Waals surface area contributed by atoms with Gasteiger partial charge in [0.2, 0.25) is 5.91 Å². The highest BCUT2D eigenvalue weighted by atomic mass is 32.1. The lowest BCUT2D eigenvalue weighted by Crippen LogP contribution is -2.38. The molecule has 5 heteroatoms. The van der Waals surface area contributed by atoms with E-state index in [0.29, 0.717) is 19.5 Å². The van der Waals surface area contributed by atoms with Crippen molar-refractivity contribution in [3.63, 3.8) is 0 Å². The van der Waals surface area contributed by atoms with Crippen LogP contribution in [0.4, 0.5) is 0 Å². The van der Waals surface area contributed by atoms with Crippen LogP contribution in [0.2, 0.25) is 0 Å². The van der Waals surface area contributed by atoms with Gasteiger partial charge >= 0.3 is 0 Å². The Bertz CT molecular complexity index is 498. The second-order valence-electron chi connectivity index (χ2n) is 4.77. The van der Waals surface area contributed by atoms with Crippen molar-refractivity contribution in [2.75, 3.05) is 33.3 Å². The van der Waals surface area contributed by atoms with E-state index in [-0.39, 0.29) is 12.5 Å². The summed E-state index contributed by atoms with van der Waals surface area (Å²) in [4.78, 5) is 17.1. The smallest absolute Gasteiger partial charge is 0.236 e. The average molecular weight is 308 g/mol. The summed E-state index contributed by atoms with van der Waals surface area (Å²) >= 11 is 1.65. The molecule has 1 N–H and O–H groups in total. The Morgan fingerprint density at radius 2 is 2.10 bits per heavy atom. The maximum absolute atomic E-state index is 12.1. The first-order valence-electron chi connectivity index (χ1n) is 7.24. The number of nitrogens with zero attached hydrogens (tertiary/aromatic N) is 2. The maximum atomic E-state index is 12.1. The van der Waals surface area contributed by atoms with E-state index in [9.17, 15) is 4.79 Å². The summed E-state index contributed by atoms with van der Waals surface area (Å²) in [6.45, 7) is 6.72. The number of carbonyl (C=O) groups is 1. The molecule has 0 spiro atoms. The molecule has 0 unspecified atom stereocenters. The van der Waals surface area contributed by atoms with Crippen LogP contribution in [0.15, 0.2) is 11.4 Å². The first kappa shape index (κ1) is 17.7. The Labute approximate surface area is 131 Å². The Morgan fingerprint density at radius 3 is 2.71 bits per heavy atom. The third kappa shape index (κ3) is 5.88. The van der Waals surface area contributed by atoms with Crippen LogP contribution in [0, 0.1) is 11.8 Å². The topological polar surface area (TPSA) is 43.8 Å². The van der Waals surface area contributed by atoms with Gasteiger partial charge in [-0.25, -0.2) is 0 Å². The monoisotopic (exact) mass is 308 g/mol. The molecule has 0 radical (unpaired) electrons. The maximum Gasteiger partial charge on any atom is 0.236 e. The number of aliphatic hydroxyl groups is 1. The Morgan fingerprint density at radius 1 is 1.38 bits per heavy atom. The zero-order valence-corrected chi connectivity index (χ0v) is 13.9. The van der Waals surface area contributed by atoms with Gasteiger partial charge in [0, 0.05) is 36.5 Å². The summed E-state index contributed by atoms with van der Waals surface area (Å²) < 4.78 is 0. The third-order valence-corrected chi connectivity index (χ3v) is 4.05. The summed E-state index contributed by atoms with van der Waals surface area (Å²) in [6, 6.07) is 1.99. The van der Waals surface area contributed by atoms with E-state index in [0.717, 1.165) is 23.5 Å². The number of hydrogen-bond acceptors (Lipinski definition) is 4. The lowest BCUT2D eigenvalue weighted by molar-refractivity contribution is -0.131. The van der Waals surface area contributed by atoms with Crippen molar-refractivity contribution in [2.24, 2.45) is 0 Å². The van der Waals surface area contributed by atoms with Gasteiger partial charge in [-0.3, -0.25) is 9.69 Å².